The lowest BCUT2D eigenvalue weighted by atomic mass is 10.1. The largest absolute Gasteiger partial charge is 0.368 e. The molecule has 0 spiro atoms. The Labute approximate surface area is 126 Å². The SMILES string of the molecule is CN1CCN(c2cc(C3=CCCCCC3)nc(N)n2)CC1. The van der Waals surface area contributed by atoms with Crippen molar-refractivity contribution in [3.8, 4) is 0 Å². The van der Waals surface area contributed by atoms with E-state index >= 15 is 0 Å². The summed E-state index contributed by atoms with van der Waals surface area (Å²) in [6.07, 6.45) is 8.45. The van der Waals surface area contributed by atoms with Crippen molar-refractivity contribution >= 4 is 17.3 Å². The molecule has 1 saturated heterocycles. The van der Waals surface area contributed by atoms with E-state index in [0.29, 0.717) is 5.95 Å². The van der Waals surface area contributed by atoms with Gasteiger partial charge in [-0.1, -0.05) is 12.5 Å². The van der Waals surface area contributed by atoms with Crippen LogP contribution in [0.2, 0.25) is 0 Å². The Morgan fingerprint density at radius 1 is 1.05 bits per heavy atom. The van der Waals surface area contributed by atoms with Gasteiger partial charge >= 0.3 is 0 Å². The zero-order valence-electron chi connectivity index (χ0n) is 12.9. The number of rotatable bonds is 2. The molecule has 1 aliphatic carbocycles. The molecule has 0 atom stereocenters. The third-order valence-corrected chi connectivity index (χ3v) is 4.43. The maximum Gasteiger partial charge on any atom is 0.222 e. The lowest BCUT2D eigenvalue weighted by molar-refractivity contribution is 0.312. The first-order valence-electron chi connectivity index (χ1n) is 8.00. The van der Waals surface area contributed by atoms with Crippen LogP contribution in [-0.4, -0.2) is 48.1 Å². The zero-order valence-corrected chi connectivity index (χ0v) is 12.9. The highest BCUT2D eigenvalue weighted by molar-refractivity contribution is 5.66. The van der Waals surface area contributed by atoms with Crippen molar-refractivity contribution in [1.82, 2.24) is 14.9 Å². The number of nitrogen functional groups attached to an aromatic ring is 1. The topological polar surface area (TPSA) is 58.3 Å². The summed E-state index contributed by atoms with van der Waals surface area (Å²) in [6.45, 7) is 4.15. The number of aromatic nitrogens is 2. The van der Waals surface area contributed by atoms with E-state index in [1.807, 2.05) is 0 Å². The Bertz CT molecular complexity index is 517. The molecule has 5 heteroatoms. The molecule has 0 unspecified atom stereocenters. The molecule has 0 saturated carbocycles. The van der Waals surface area contributed by atoms with Crippen molar-refractivity contribution in [2.75, 3.05) is 43.9 Å². The van der Waals surface area contributed by atoms with E-state index < -0.39 is 0 Å². The number of allylic oxidation sites excluding steroid dienone is 2. The van der Waals surface area contributed by atoms with Crippen molar-refractivity contribution in [1.29, 1.82) is 0 Å². The zero-order chi connectivity index (χ0) is 14.7. The van der Waals surface area contributed by atoms with Crippen molar-refractivity contribution in [3.05, 3.63) is 17.8 Å². The van der Waals surface area contributed by atoms with E-state index in [4.69, 9.17) is 5.73 Å². The van der Waals surface area contributed by atoms with Crippen LogP contribution in [0.4, 0.5) is 11.8 Å². The van der Waals surface area contributed by atoms with Crippen molar-refractivity contribution in [3.63, 3.8) is 0 Å². The Hall–Kier alpha value is -1.62. The number of nitrogens with zero attached hydrogens (tertiary/aromatic N) is 4. The molecule has 2 heterocycles. The highest BCUT2D eigenvalue weighted by atomic mass is 15.3. The molecule has 2 N–H and O–H groups in total. The minimum atomic E-state index is 0.395. The highest BCUT2D eigenvalue weighted by Gasteiger charge is 2.17. The van der Waals surface area contributed by atoms with Crippen LogP contribution in [0.15, 0.2) is 12.1 Å². The molecule has 0 bridgehead atoms. The smallest absolute Gasteiger partial charge is 0.222 e. The van der Waals surface area contributed by atoms with E-state index in [1.54, 1.807) is 0 Å². The average Bonchev–Trinajstić information content (AvgIpc) is 2.76. The van der Waals surface area contributed by atoms with Gasteiger partial charge in [0.15, 0.2) is 0 Å². The quantitative estimate of drug-likeness (QED) is 0.903. The van der Waals surface area contributed by atoms with Crippen molar-refractivity contribution < 1.29 is 0 Å². The summed E-state index contributed by atoms with van der Waals surface area (Å²) in [5.41, 5.74) is 8.32. The predicted molar refractivity (Wildman–Crippen MR) is 87.2 cm³/mol. The van der Waals surface area contributed by atoms with Crippen LogP contribution in [0.25, 0.3) is 5.57 Å². The number of hydrogen-bond acceptors (Lipinski definition) is 5. The lowest BCUT2D eigenvalue weighted by Gasteiger charge is -2.33. The fraction of sp³-hybridized carbons (Fsp3) is 0.625. The minimum Gasteiger partial charge on any atom is -0.368 e. The van der Waals surface area contributed by atoms with Crippen LogP contribution >= 0.6 is 0 Å². The molecule has 5 nitrogen and oxygen atoms in total. The first-order chi connectivity index (χ1) is 10.2. The second kappa shape index (κ2) is 6.43. The monoisotopic (exact) mass is 287 g/mol. The third-order valence-electron chi connectivity index (χ3n) is 4.43. The molecule has 21 heavy (non-hydrogen) atoms. The molecule has 2 aliphatic rings. The molecule has 1 aromatic rings. The third kappa shape index (κ3) is 3.53. The summed E-state index contributed by atoms with van der Waals surface area (Å²) >= 11 is 0. The Morgan fingerprint density at radius 3 is 2.67 bits per heavy atom. The Morgan fingerprint density at radius 2 is 1.86 bits per heavy atom. The van der Waals surface area contributed by atoms with Gasteiger partial charge in [-0.2, -0.15) is 4.98 Å². The van der Waals surface area contributed by atoms with Crippen LogP contribution in [0, 0.1) is 0 Å². The van der Waals surface area contributed by atoms with Crippen molar-refractivity contribution in [2.45, 2.75) is 32.1 Å². The normalized spacial score (nSPS) is 21.0. The Kier molecular flexibility index (Phi) is 4.39. The predicted octanol–water partition coefficient (Wildman–Crippen LogP) is 2.16. The first-order valence-corrected chi connectivity index (χ1v) is 8.00. The second-order valence-electron chi connectivity index (χ2n) is 6.09. The van der Waals surface area contributed by atoms with E-state index in [9.17, 15) is 0 Å². The van der Waals surface area contributed by atoms with Crippen molar-refractivity contribution in [2.24, 2.45) is 0 Å². The van der Waals surface area contributed by atoms with Gasteiger partial charge in [-0.05, 0) is 38.3 Å². The molecule has 1 fully saturated rings. The van der Waals surface area contributed by atoms with E-state index in [0.717, 1.165) is 50.5 Å². The van der Waals surface area contributed by atoms with Crippen LogP contribution < -0.4 is 10.6 Å². The van der Waals surface area contributed by atoms with Gasteiger partial charge in [-0.3, -0.25) is 0 Å². The summed E-state index contributed by atoms with van der Waals surface area (Å²) in [5, 5.41) is 0. The van der Waals surface area contributed by atoms with E-state index in [1.165, 1.54) is 24.8 Å². The summed E-state index contributed by atoms with van der Waals surface area (Å²) in [6, 6.07) is 2.12. The maximum atomic E-state index is 5.95. The van der Waals surface area contributed by atoms with Gasteiger partial charge in [0, 0.05) is 32.2 Å². The molecule has 0 radical (unpaired) electrons. The fourth-order valence-corrected chi connectivity index (χ4v) is 3.06. The van der Waals surface area contributed by atoms with E-state index in [-0.39, 0.29) is 0 Å². The van der Waals surface area contributed by atoms with Gasteiger partial charge < -0.3 is 15.5 Å². The molecular weight excluding hydrogens is 262 g/mol. The van der Waals surface area contributed by atoms with Crippen LogP contribution in [0.5, 0.6) is 0 Å². The highest BCUT2D eigenvalue weighted by Crippen LogP contribution is 2.27. The average molecular weight is 287 g/mol. The molecule has 0 aromatic carbocycles. The Balaban J connectivity index is 1.84. The van der Waals surface area contributed by atoms with Crippen LogP contribution in [0.1, 0.15) is 37.8 Å². The van der Waals surface area contributed by atoms with Gasteiger partial charge in [0.2, 0.25) is 5.95 Å². The van der Waals surface area contributed by atoms with Gasteiger partial charge in [0.05, 0.1) is 5.69 Å². The van der Waals surface area contributed by atoms with Gasteiger partial charge in [0.25, 0.3) is 0 Å². The van der Waals surface area contributed by atoms with Gasteiger partial charge in [-0.25, -0.2) is 4.98 Å². The molecule has 114 valence electrons. The lowest BCUT2D eigenvalue weighted by Crippen LogP contribution is -2.44. The number of piperazine rings is 1. The standard InChI is InChI=1S/C16H25N5/c1-20-8-10-21(11-9-20)15-12-14(18-16(17)19-15)13-6-4-2-3-5-7-13/h6,12H,2-5,7-11H2,1H3,(H2,17,18,19). The minimum absolute atomic E-state index is 0.395. The van der Waals surface area contributed by atoms with Gasteiger partial charge in [0.1, 0.15) is 5.82 Å². The van der Waals surface area contributed by atoms with Crippen LogP contribution in [-0.2, 0) is 0 Å². The number of nitrogens with two attached hydrogens (primary N) is 1. The summed E-state index contributed by atoms with van der Waals surface area (Å²) in [7, 11) is 2.16. The molecule has 3 rings (SSSR count). The molecule has 1 aliphatic heterocycles. The van der Waals surface area contributed by atoms with Gasteiger partial charge in [-0.15, -0.1) is 0 Å². The van der Waals surface area contributed by atoms with E-state index in [2.05, 4.69) is 39.0 Å². The second-order valence-corrected chi connectivity index (χ2v) is 6.09. The maximum absolute atomic E-state index is 5.95. The molecule has 1 aromatic heterocycles. The fourth-order valence-electron chi connectivity index (χ4n) is 3.06. The summed E-state index contributed by atoms with van der Waals surface area (Å²) < 4.78 is 0. The summed E-state index contributed by atoms with van der Waals surface area (Å²) in [4.78, 5) is 13.6. The first kappa shape index (κ1) is 14.3. The van der Waals surface area contributed by atoms with Crippen LogP contribution in [0.3, 0.4) is 0 Å². The number of hydrogen-bond donors (Lipinski definition) is 1. The molecule has 0 amide bonds. The summed E-state index contributed by atoms with van der Waals surface area (Å²) in [5.74, 6) is 1.38. The molecular formula is C16H25N5. The number of anilines is 2. The number of likely N-dealkylation sites (N-methyl/N-ethyl adjacent to an activating group) is 1.